The molecule has 0 saturated carbocycles. The van der Waals surface area contributed by atoms with Crippen LogP contribution in [0.1, 0.15) is 31.2 Å². The van der Waals surface area contributed by atoms with Crippen LogP contribution in [0, 0.1) is 0 Å². The number of carbonyl (C=O) groups is 3. The second-order valence-corrected chi connectivity index (χ2v) is 4.92. The molecule has 6 nitrogen and oxygen atoms in total. The number of amides is 2. The van der Waals surface area contributed by atoms with Crippen molar-refractivity contribution in [3.05, 3.63) is 58.4 Å². The number of halogens is 1. The number of aromatic nitrogens is 1. The molecule has 3 rings (SSSR count). The normalized spacial score (nSPS) is 13.5. The summed E-state index contributed by atoms with van der Waals surface area (Å²) in [6, 6.07) is 7.66. The van der Waals surface area contributed by atoms with Crippen LogP contribution in [0.4, 0.5) is 0 Å². The second-order valence-electron chi connectivity index (χ2n) is 4.48. The predicted molar refractivity (Wildman–Crippen MR) is 72.8 cm³/mol. The van der Waals surface area contributed by atoms with Gasteiger partial charge in [0.25, 0.3) is 11.8 Å². The fourth-order valence-corrected chi connectivity index (χ4v) is 2.36. The van der Waals surface area contributed by atoms with E-state index in [9.17, 15) is 14.4 Å². The SMILES string of the molecule is Cn1cc(Cl)cc1C(=O)ON1C(=O)c2ccccc2C1=O. The lowest BCUT2D eigenvalue weighted by Gasteiger charge is -2.12. The second kappa shape index (κ2) is 4.75. The lowest BCUT2D eigenvalue weighted by molar-refractivity contribution is -0.0590. The molecule has 1 aromatic heterocycles. The molecular formula is C14H9ClN2O4. The van der Waals surface area contributed by atoms with Crippen LogP contribution in [-0.2, 0) is 11.9 Å². The first-order chi connectivity index (χ1) is 9.99. The van der Waals surface area contributed by atoms with Gasteiger partial charge in [-0.1, -0.05) is 28.8 Å². The summed E-state index contributed by atoms with van der Waals surface area (Å²) >= 11 is 5.78. The number of rotatable bonds is 2. The highest BCUT2D eigenvalue weighted by molar-refractivity contribution is 6.31. The van der Waals surface area contributed by atoms with Gasteiger partial charge in [-0.25, -0.2) is 4.79 Å². The van der Waals surface area contributed by atoms with Gasteiger partial charge in [0.05, 0.1) is 16.1 Å². The fraction of sp³-hybridized carbons (Fsp3) is 0.0714. The quantitative estimate of drug-likeness (QED) is 0.796. The number of carbonyl (C=O) groups excluding carboxylic acids is 3. The van der Waals surface area contributed by atoms with Crippen molar-refractivity contribution in [1.29, 1.82) is 0 Å². The molecule has 0 bridgehead atoms. The Morgan fingerprint density at radius 1 is 1.14 bits per heavy atom. The third kappa shape index (κ3) is 2.09. The van der Waals surface area contributed by atoms with E-state index in [1.807, 2.05) is 0 Å². The van der Waals surface area contributed by atoms with Gasteiger partial charge in [-0.05, 0) is 18.2 Å². The molecule has 0 N–H and O–H groups in total. The van der Waals surface area contributed by atoms with Crippen molar-refractivity contribution in [1.82, 2.24) is 9.63 Å². The van der Waals surface area contributed by atoms with Gasteiger partial charge < -0.3 is 9.40 Å². The number of imide groups is 1. The van der Waals surface area contributed by atoms with Gasteiger partial charge >= 0.3 is 5.97 Å². The molecule has 0 fully saturated rings. The standard InChI is InChI=1S/C14H9ClN2O4/c1-16-7-8(15)6-11(16)14(20)21-17-12(18)9-4-2-3-5-10(9)13(17)19/h2-7H,1H3. The van der Waals surface area contributed by atoms with Crippen molar-refractivity contribution in [3.63, 3.8) is 0 Å². The molecule has 0 atom stereocenters. The number of hydrogen-bond donors (Lipinski definition) is 0. The van der Waals surface area contributed by atoms with E-state index in [4.69, 9.17) is 16.4 Å². The maximum absolute atomic E-state index is 12.1. The molecule has 0 spiro atoms. The first-order valence-corrected chi connectivity index (χ1v) is 6.39. The zero-order chi connectivity index (χ0) is 15.1. The topological polar surface area (TPSA) is 68.6 Å². The van der Waals surface area contributed by atoms with Crippen LogP contribution in [0.3, 0.4) is 0 Å². The third-order valence-electron chi connectivity index (χ3n) is 3.11. The number of aryl methyl sites for hydroxylation is 1. The minimum Gasteiger partial charge on any atom is -0.344 e. The summed E-state index contributed by atoms with van der Waals surface area (Å²) < 4.78 is 1.45. The molecule has 1 aliphatic rings. The Morgan fingerprint density at radius 2 is 1.71 bits per heavy atom. The van der Waals surface area contributed by atoms with Crippen LogP contribution in [0.25, 0.3) is 0 Å². The fourth-order valence-electron chi connectivity index (χ4n) is 2.11. The van der Waals surface area contributed by atoms with Crippen molar-refractivity contribution in [3.8, 4) is 0 Å². The lowest BCUT2D eigenvalue weighted by atomic mass is 10.1. The minimum absolute atomic E-state index is 0.136. The lowest BCUT2D eigenvalue weighted by Crippen LogP contribution is -2.33. The predicted octanol–water partition coefficient (Wildman–Crippen LogP) is 2.05. The molecule has 0 radical (unpaired) electrons. The summed E-state index contributed by atoms with van der Waals surface area (Å²) in [7, 11) is 1.60. The van der Waals surface area contributed by atoms with Crippen LogP contribution in [0.15, 0.2) is 36.5 Å². The Balaban J connectivity index is 1.87. The summed E-state index contributed by atoms with van der Waals surface area (Å²) in [4.78, 5) is 41.1. The average Bonchev–Trinajstić information content (AvgIpc) is 2.92. The van der Waals surface area contributed by atoms with Gasteiger partial charge in [-0.15, -0.1) is 0 Å². The van der Waals surface area contributed by atoms with Gasteiger partial charge in [-0.3, -0.25) is 9.59 Å². The average molecular weight is 305 g/mol. The van der Waals surface area contributed by atoms with Crippen molar-refractivity contribution in [2.24, 2.45) is 7.05 Å². The van der Waals surface area contributed by atoms with Crippen molar-refractivity contribution in [2.45, 2.75) is 0 Å². The molecule has 2 amide bonds. The molecule has 21 heavy (non-hydrogen) atoms. The number of fused-ring (bicyclic) bond motifs is 1. The number of hydrogen-bond acceptors (Lipinski definition) is 4. The Bertz CT molecular complexity index is 746. The highest BCUT2D eigenvalue weighted by atomic mass is 35.5. The van der Waals surface area contributed by atoms with E-state index in [0.29, 0.717) is 10.1 Å². The van der Waals surface area contributed by atoms with E-state index >= 15 is 0 Å². The zero-order valence-corrected chi connectivity index (χ0v) is 11.6. The maximum atomic E-state index is 12.1. The van der Waals surface area contributed by atoms with Crippen molar-refractivity contribution >= 4 is 29.4 Å². The van der Waals surface area contributed by atoms with Crippen LogP contribution in [0.2, 0.25) is 5.02 Å². The van der Waals surface area contributed by atoms with E-state index < -0.39 is 17.8 Å². The molecule has 1 aromatic carbocycles. The first kappa shape index (κ1) is 13.4. The molecule has 0 unspecified atom stereocenters. The molecule has 7 heteroatoms. The van der Waals surface area contributed by atoms with Crippen LogP contribution in [-0.4, -0.2) is 27.4 Å². The van der Waals surface area contributed by atoms with E-state index in [1.54, 1.807) is 19.2 Å². The highest BCUT2D eigenvalue weighted by Gasteiger charge is 2.39. The van der Waals surface area contributed by atoms with Gasteiger partial charge in [0.1, 0.15) is 5.69 Å². The largest absolute Gasteiger partial charge is 0.380 e. The minimum atomic E-state index is -0.834. The maximum Gasteiger partial charge on any atom is 0.380 e. The summed E-state index contributed by atoms with van der Waals surface area (Å²) in [6.45, 7) is 0. The Hall–Kier alpha value is -2.60. The van der Waals surface area contributed by atoms with E-state index in [1.165, 1.54) is 29.0 Å². The number of benzene rings is 1. The molecule has 2 aromatic rings. The Morgan fingerprint density at radius 3 is 2.19 bits per heavy atom. The zero-order valence-electron chi connectivity index (χ0n) is 10.9. The first-order valence-electron chi connectivity index (χ1n) is 6.01. The third-order valence-corrected chi connectivity index (χ3v) is 3.32. The summed E-state index contributed by atoms with van der Waals surface area (Å²) in [6.07, 6.45) is 1.51. The summed E-state index contributed by atoms with van der Waals surface area (Å²) in [5.74, 6) is -2.16. The molecule has 2 heterocycles. The van der Waals surface area contributed by atoms with Gasteiger partial charge in [0, 0.05) is 13.2 Å². The molecule has 0 aliphatic carbocycles. The van der Waals surface area contributed by atoms with Crippen molar-refractivity contribution < 1.29 is 19.2 Å². The highest BCUT2D eigenvalue weighted by Crippen LogP contribution is 2.23. The molecular weight excluding hydrogens is 296 g/mol. The number of hydroxylamine groups is 2. The summed E-state index contributed by atoms with van der Waals surface area (Å²) in [5.41, 5.74) is 0.553. The van der Waals surface area contributed by atoms with Crippen LogP contribution >= 0.6 is 11.6 Å². The Labute approximate surface area is 124 Å². The van der Waals surface area contributed by atoms with E-state index in [2.05, 4.69) is 0 Å². The van der Waals surface area contributed by atoms with Crippen LogP contribution < -0.4 is 0 Å². The van der Waals surface area contributed by atoms with Gasteiger partial charge in [-0.2, -0.15) is 0 Å². The van der Waals surface area contributed by atoms with E-state index in [-0.39, 0.29) is 16.8 Å². The monoisotopic (exact) mass is 304 g/mol. The molecule has 106 valence electrons. The molecule has 0 saturated heterocycles. The van der Waals surface area contributed by atoms with Gasteiger partial charge in [0.15, 0.2) is 0 Å². The molecule has 1 aliphatic heterocycles. The smallest absolute Gasteiger partial charge is 0.344 e. The van der Waals surface area contributed by atoms with Crippen LogP contribution in [0.5, 0.6) is 0 Å². The van der Waals surface area contributed by atoms with Gasteiger partial charge in [0.2, 0.25) is 0 Å². The number of nitrogens with zero attached hydrogens (tertiary/aromatic N) is 2. The summed E-state index contributed by atoms with van der Waals surface area (Å²) in [5, 5.41) is 0.820. The Kier molecular flexibility index (Phi) is 3.03. The van der Waals surface area contributed by atoms with Crippen molar-refractivity contribution in [2.75, 3.05) is 0 Å². The van der Waals surface area contributed by atoms with E-state index in [0.717, 1.165) is 0 Å².